The first-order chi connectivity index (χ1) is 13.1. The Labute approximate surface area is 166 Å². The zero-order valence-corrected chi connectivity index (χ0v) is 17.2. The summed E-state index contributed by atoms with van der Waals surface area (Å²) < 4.78 is 12.1. The van der Waals surface area contributed by atoms with E-state index < -0.39 is 5.60 Å². The van der Waals surface area contributed by atoms with E-state index in [1.807, 2.05) is 0 Å². The topological polar surface area (TPSA) is 76.0 Å². The summed E-state index contributed by atoms with van der Waals surface area (Å²) in [4.78, 5) is 12.0. The molecule has 5 rings (SSSR count). The number of carbonyl (C=O) groups excluding carboxylic acids is 1. The lowest BCUT2D eigenvalue weighted by atomic mass is 9.43. The molecule has 2 N–H and O–H groups in total. The maximum Gasteiger partial charge on any atom is 0.339 e. The van der Waals surface area contributed by atoms with Gasteiger partial charge in [0.25, 0.3) is 0 Å². The van der Waals surface area contributed by atoms with E-state index in [9.17, 15) is 15.0 Å². The molecule has 5 nitrogen and oxygen atoms in total. The average molecular weight is 386 g/mol. The van der Waals surface area contributed by atoms with Crippen molar-refractivity contribution in [1.82, 2.24) is 0 Å². The number of benzene rings is 1. The van der Waals surface area contributed by atoms with E-state index in [0.717, 1.165) is 36.8 Å². The van der Waals surface area contributed by atoms with E-state index >= 15 is 0 Å². The molecule has 0 aromatic heterocycles. The number of rotatable bonds is 0. The molecular weight excluding hydrogens is 356 g/mol. The molecule has 2 aliphatic carbocycles. The van der Waals surface area contributed by atoms with Gasteiger partial charge < -0.3 is 19.7 Å². The molecule has 28 heavy (non-hydrogen) atoms. The lowest BCUT2D eigenvalue weighted by molar-refractivity contribution is -0.210. The molecule has 2 heterocycles. The van der Waals surface area contributed by atoms with Crippen molar-refractivity contribution in [2.24, 2.45) is 22.7 Å². The normalized spacial score (nSPS) is 40.5. The lowest BCUT2D eigenvalue weighted by Gasteiger charge is -2.64. The SMILES string of the molecule is C[C@H]1CC[C@H]2C(C)(C)[C@H](O)CC[C@]2(C)[C@@]12Cc1c(O)cc3c(c1O2)COC3=O. The number of phenolic OH excluding ortho intramolecular Hbond substituents is 1. The molecule has 2 aliphatic heterocycles. The molecule has 0 saturated heterocycles. The number of hydrogen-bond acceptors (Lipinski definition) is 5. The Bertz CT molecular complexity index is 874. The molecule has 1 spiro atoms. The van der Waals surface area contributed by atoms with Crippen LogP contribution in [-0.4, -0.2) is 27.9 Å². The summed E-state index contributed by atoms with van der Waals surface area (Å²) in [6, 6.07) is 1.55. The Hall–Kier alpha value is -1.75. The van der Waals surface area contributed by atoms with Crippen molar-refractivity contribution in [3.63, 3.8) is 0 Å². The fourth-order valence-electron chi connectivity index (χ4n) is 7.09. The van der Waals surface area contributed by atoms with Crippen LogP contribution in [0.25, 0.3) is 0 Å². The second kappa shape index (κ2) is 5.44. The lowest BCUT2D eigenvalue weighted by Crippen LogP contribution is -2.66. The van der Waals surface area contributed by atoms with E-state index in [-0.39, 0.29) is 35.3 Å². The minimum atomic E-state index is -0.437. The number of fused-ring (bicyclic) bond motifs is 5. The maximum absolute atomic E-state index is 12.0. The third-order valence-corrected chi connectivity index (χ3v) is 8.87. The second-order valence-corrected chi connectivity index (χ2v) is 10.3. The van der Waals surface area contributed by atoms with Crippen molar-refractivity contribution in [3.05, 3.63) is 22.8 Å². The van der Waals surface area contributed by atoms with Crippen molar-refractivity contribution in [1.29, 1.82) is 0 Å². The van der Waals surface area contributed by atoms with Gasteiger partial charge in [0.2, 0.25) is 0 Å². The van der Waals surface area contributed by atoms with Gasteiger partial charge in [-0.1, -0.05) is 27.7 Å². The third-order valence-electron chi connectivity index (χ3n) is 8.87. The van der Waals surface area contributed by atoms with Crippen LogP contribution in [0, 0.1) is 22.7 Å². The van der Waals surface area contributed by atoms with Crippen LogP contribution in [0.15, 0.2) is 6.07 Å². The minimum Gasteiger partial charge on any atom is -0.508 e. The fraction of sp³-hybridized carbons (Fsp3) is 0.696. The molecule has 1 aromatic rings. The van der Waals surface area contributed by atoms with Gasteiger partial charge in [0.05, 0.1) is 11.7 Å². The van der Waals surface area contributed by atoms with Crippen molar-refractivity contribution in [2.45, 2.75) is 78.1 Å². The van der Waals surface area contributed by atoms with Gasteiger partial charge in [-0.05, 0) is 49.0 Å². The van der Waals surface area contributed by atoms with E-state index in [0.29, 0.717) is 29.6 Å². The van der Waals surface area contributed by atoms with Crippen LogP contribution in [0.3, 0.4) is 0 Å². The standard InChI is InChI=1S/C23H30O5/c1-12-5-6-17-21(2,3)18(25)7-8-22(17,4)23(12)10-14-16(24)9-13-15(19(14)28-23)11-27-20(13)26/h9,12,17-18,24-25H,5-8,10-11H2,1-4H3/t12-,17-,18+,22-,23+/m0/s1. The van der Waals surface area contributed by atoms with Gasteiger partial charge >= 0.3 is 5.97 Å². The summed E-state index contributed by atoms with van der Waals surface area (Å²) in [6.07, 6.45) is 4.12. The van der Waals surface area contributed by atoms with E-state index in [1.54, 1.807) is 6.07 Å². The number of aliphatic hydroxyl groups is 1. The van der Waals surface area contributed by atoms with Gasteiger partial charge in [-0.2, -0.15) is 0 Å². The Morgan fingerprint density at radius 2 is 1.89 bits per heavy atom. The quantitative estimate of drug-likeness (QED) is 0.660. The summed E-state index contributed by atoms with van der Waals surface area (Å²) in [5, 5.41) is 21.4. The summed E-state index contributed by atoms with van der Waals surface area (Å²) in [7, 11) is 0. The van der Waals surface area contributed by atoms with Gasteiger partial charge in [0.1, 0.15) is 23.7 Å². The van der Waals surface area contributed by atoms with Crippen molar-refractivity contribution in [3.8, 4) is 11.5 Å². The van der Waals surface area contributed by atoms with Crippen LogP contribution in [0.2, 0.25) is 0 Å². The van der Waals surface area contributed by atoms with E-state index in [4.69, 9.17) is 9.47 Å². The van der Waals surface area contributed by atoms with Crippen molar-refractivity contribution < 1.29 is 24.5 Å². The molecule has 5 heteroatoms. The molecule has 2 fully saturated rings. The van der Waals surface area contributed by atoms with Crippen LogP contribution < -0.4 is 4.74 Å². The number of carbonyl (C=O) groups is 1. The highest BCUT2D eigenvalue weighted by Crippen LogP contribution is 2.67. The van der Waals surface area contributed by atoms with Crippen molar-refractivity contribution in [2.75, 3.05) is 0 Å². The molecule has 0 bridgehead atoms. The van der Waals surface area contributed by atoms with Gasteiger partial charge in [-0.3, -0.25) is 0 Å². The zero-order chi connectivity index (χ0) is 20.1. The number of aliphatic hydroxyl groups excluding tert-OH is 1. The first-order valence-corrected chi connectivity index (χ1v) is 10.5. The summed E-state index contributed by atoms with van der Waals surface area (Å²) in [6.45, 7) is 9.17. The number of hydrogen-bond donors (Lipinski definition) is 2. The highest BCUT2D eigenvalue weighted by Gasteiger charge is 2.67. The average Bonchev–Trinajstić information content (AvgIpc) is 3.20. The highest BCUT2D eigenvalue weighted by atomic mass is 16.5. The monoisotopic (exact) mass is 386 g/mol. The molecule has 1 aromatic carbocycles. The Kier molecular flexibility index (Phi) is 3.55. The molecule has 2 saturated carbocycles. The molecule has 0 amide bonds. The molecular formula is C23H30O5. The Balaban J connectivity index is 1.65. The Morgan fingerprint density at radius 3 is 2.64 bits per heavy atom. The predicted octanol–water partition coefficient (Wildman–Crippen LogP) is 3.97. The molecule has 152 valence electrons. The summed E-state index contributed by atoms with van der Waals surface area (Å²) in [5.74, 6) is 1.07. The molecule has 0 radical (unpaired) electrons. The maximum atomic E-state index is 12.0. The number of phenols is 1. The predicted molar refractivity (Wildman–Crippen MR) is 103 cm³/mol. The van der Waals surface area contributed by atoms with Gasteiger partial charge in [-0.25, -0.2) is 4.79 Å². The first-order valence-electron chi connectivity index (χ1n) is 10.5. The van der Waals surface area contributed by atoms with Crippen LogP contribution in [0.4, 0.5) is 0 Å². The largest absolute Gasteiger partial charge is 0.508 e. The van der Waals surface area contributed by atoms with E-state index in [1.165, 1.54) is 0 Å². The van der Waals surface area contributed by atoms with E-state index in [2.05, 4.69) is 27.7 Å². The van der Waals surface area contributed by atoms with Crippen LogP contribution in [0.1, 0.15) is 74.9 Å². The first kappa shape index (κ1) is 18.3. The fourth-order valence-corrected chi connectivity index (χ4v) is 7.09. The second-order valence-electron chi connectivity index (χ2n) is 10.3. The number of ether oxygens (including phenoxy) is 2. The highest BCUT2D eigenvalue weighted by molar-refractivity contribution is 5.95. The number of esters is 1. The van der Waals surface area contributed by atoms with Crippen LogP contribution >= 0.6 is 0 Å². The third kappa shape index (κ3) is 1.99. The number of aromatic hydroxyl groups is 1. The van der Waals surface area contributed by atoms with Gasteiger partial charge in [0, 0.05) is 23.0 Å². The smallest absolute Gasteiger partial charge is 0.339 e. The Morgan fingerprint density at radius 1 is 1.14 bits per heavy atom. The van der Waals surface area contributed by atoms with Gasteiger partial charge in [0.15, 0.2) is 0 Å². The number of cyclic esters (lactones) is 1. The summed E-state index contributed by atoms with van der Waals surface area (Å²) >= 11 is 0. The van der Waals surface area contributed by atoms with Crippen molar-refractivity contribution >= 4 is 5.97 Å². The van der Waals surface area contributed by atoms with Crippen LogP contribution in [0.5, 0.6) is 11.5 Å². The zero-order valence-electron chi connectivity index (χ0n) is 17.2. The van der Waals surface area contributed by atoms with Gasteiger partial charge in [-0.15, -0.1) is 0 Å². The van der Waals surface area contributed by atoms with Crippen LogP contribution in [-0.2, 0) is 17.8 Å². The molecule has 4 aliphatic rings. The minimum absolute atomic E-state index is 0.116. The molecule has 5 atom stereocenters. The molecule has 0 unspecified atom stereocenters. The summed E-state index contributed by atoms with van der Waals surface area (Å²) in [5.41, 5.74) is 1.29.